The molecule has 0 saturated carbocycles. The molecule has 0 aliphatic carbocycles. The van der Waals surface area contributed by atoms with Gasteiger partial charge in [0.05, 0.1) is 0 Å². The molecule has 0 aromatic heterocycles. The Balaban J connectivity index is 3.97. The van der Waals surface area contributed by atoms with Gasteiger partial charge in [0.15, 0.2) is 6.10 Å². The summed E-state index contributed by atoms with van der Waals surface area (Å²) >= 11 is 0. The monoisotopic (exact) mass is 1070 g/mol. The molecular formula is C70H130O6. The van der Waals surface area contributed by atoms with Crippen molar-refractivity contribution < 1.29 is 28.6 Å². The molecule has 0 amide bonds. The Morgan fingerprint density at radius 2 is 0.474 bits per heavy atom. The van der Waals surface area contributed by atoms with Crippen LogP contribution in [0.4, 0.5) is 0 Å². The van der Waals surface area contributed by atoms with Gasteiger partial charge in [-0.3, -0.25) is 14.4 Å². The van der Waals surface area contributed by atoms with Crippen molar-refractivity contribution in [2.45, 2.75) is 380 Å². The van der Waals surface area contributed by atoms with Gasteiger partial charge >= 0.3 is 17.9 Å². The molecule has 0 spiro atoms. The van der Waals surface area contributed by atoms with Crippen molar-refractivity contribution >= 4 is 17.9 Å². The lowest BCUT2D eigenvalue weighted by Crippen LogP contribution is -2.30. The summed E-state index contributed by atoms with van der Waals surface area (Å²) in [5.74, 6) is -0.857. The quantitative estimate of drug-likeness (QED) is 0.0261. The molecule has 1 unspecified atom stereocenters. The largest absolute Gasteiger partial charge is 0.462 e. The van der Waals surface area contributed by atoms with Gasteiger partial charge in [-0.2, -0.15) is 0 Å². The highest BCUT2D eigenvalue weighted by Gasteiger charge is 2.19. The predicted molar refractivity (Wildman–Crippen MR) is 330 cm³/mol. The maximum Gasteiger partial charge on any atom is 0.306 e. The van der Waals surface area contributed by atoms with E-state index in [1.54, 1.807) is 0 Å². The standard InChI is InChI=1S/C70H130O6/c1-4-7-10-13-16-18-20-22-24-26-28-30-31-32-33-34-35-36-37-38-39-41-42-44-46-48-50-52-54-57-60-63-69(72)75-66-67(65-74-68(71)62-59-56-15-12-9-6-3)76-70(73)64-61-58-55-53-51-49-47-45-43-40-29-27-25-23-21-19-17-14-11-8-5-2/h20,22,26-29,67H,4-19,21,23-25,30-66H2,1-3H3/b22-20-,28-26-,29-27-. The summed E-state index contributed by atoms with van der Waals surface area (Å²) in [5.41, 5.74) is 0. The van der Waals surface area contributed by atoms with Crippen molar-refractivity contribution in [1.82, 2.24) is 0 Å². The van der Waals surface area contributed by atoms with Gasteiger partial charge in [0.25, 0.3) is 0 Å². The molecule has 76 heavy (non-hydrogen) atoms. The molecule has 0 rings (SSSR count). The van der Waals surface area contributed by atoms with Crippen LogP contribution in [-0.2, 0) is 28.6 Å². The van der Waals surface area contributed by atoms with E-state index in [-0.39, 0.29) is 31.1 Å². The summed E-state index contributed by atoms with van der Waals surface area (Å²) in [7, 11) is 0. The molecule has 0 aliphatic rings. The molecular weight excluding hydrogens is 937 g/mol. The Morgan fingerprint density at radius 1 is 0.263 bits per heavy atom. The summed E-state index contributed by atoms with van der Waals surface area (Å²) < 4.78 is 16.8. The number of hydrogen-bond donors (Lipinski definition) is 0. The van der Waals surface area contributed by atoms with Gasteiger partial charge in [0.1, 0.15) is 13.2 Å². The summed E-state index contributed by atoms with van der Waals surface area (Å²) in [6.45, 7) is 6.63. The number of esters is 3. The van der Waals surface area contributed by atoms with Crippen molar-refractivity contribution in [3.63, 3.8) is 0 Å². The second-order valence-corrected chi connectivity index (χ2v) is 23.1. The van der Waals surface area contributed by atoms with Crippen LogP contribution in [0, 0.1) is 0 Å². The highest BCUT2D eigenvalue weighted by Crippen LogP contribution is 2.18. The number of carbonyl (C=O) groups is 3. The minimum atomic E-state index is -0.768. The fraction of sp³-hybridized carbons (Fsp3) is 0.871. The summed E-state index contributed by atoms with van der Waals surface area (Å²) in [6.07, 6.45) is 80.7. The van der Waals surface area contributed by atoms with Crippen molar-refractivity contribution in [2.75, 3.05) is 13.2 Å². The third-order valence-corrected chi connectivity index (χ3v) is 15.4. The molecule has 0 radical (unpaired) electrons. The molecule has 0 aromatic rings. The van der Waals surface area contributed by atoms with Crippen LogP contribution < -0.4 is 0 Å². The van der Waals surface area contributed by atoms with Crippen LogP contribution in [0.3, 0.4) is 0 Å². The van der Waals surface area contributed by atoms with Crippen LogP contribution in [0.5, 0.6) is 0 Å². The highest BCUT2D eigenvalue weighted by molar-refractivity contribution is 5.71. The van der Waals surface area contributed by atoms with Crippen LogP contribution in [0.1, 0.15) is 374 Å². The molecule has 0 N–H and O–H groups in total. The van der Waals surface area contributed by atoms with E-state index in [1.165, 1.54) is 270 Å². The van der Waals surface area contributed by atoms with E-state index in [0.717, 1.165) is 64.2 Å². The summed E-state index contributed by atoms with van der Waals surface area (Å²) in [5, 5.41) is 0. The van der Waals surface area contributed by atoms with Crippen LogP contribution in [-0.4, -0.2) is 37.2 Å². The number of ether oxygens (including phenoxy) is 3. The molecule has 6 heteroatoms. The van der Waals surface area contributed by atoms with Crippen LogP contribution in [0.2, 0.25) is 0 Å². The van der Waals surface area contributed by atoms with Crippen molar-refractivity contribution in [1.29, 1.82) is 0 Å². The Hall–Kier alpha value is -2.37. The van der Waals surface area contributed by atoms with Crippen LogP contribution in [0.25, 0.3) is 0 Å². The van der Waals surface area contributed by atoms with Crippen LogP contribution >= 0.6 is 0 Å². The lowest BCUT2D eigenvalue weighted by Gasteiger charge is -2.18. The highest BCUT2D eigenvalue weighted by atomic mass is 16.6. The molecule has 0 aliphatic heterocycles. The van der Waals surface area contributed by atoms with Gasteiger partial charge < -0.3 is 14.2 Å². The predicted octanol–water partition coefficient (Wildman–Crippen LogP) is 23.2. The maximum atomic E-state index is 12.8. The molecule has 0 bridgehead atoms. The van der Waals surface area contributed by atoms with Gasteiger partial charge in [-0.05, 0) is 77.0 Å². The first-order valence-electron chi connectivity index (χ1n) is 34.0. The fourth-order valence-electron chi connectivity index (χ4n) is 10.2. The Morgan fingerprint density at radius 3 is 0.737 bits per heavy atom. The zero-order valence-corrected chi connectivity index (χ0v) is 51.3. The maximum absolute atomic E-state index is 12.8. The van der Waals surface area contributed by atoms with Gasteiger partial charge in [-0.25, -0.2) is 0 Å². The first-order valence-corrected chi connectivity index (χ1v) is 34.0. The van der Waals surface area contributed by atoms with Gasteiger partial charge in [-0.15, -0.1) is 0 Å². The summed E-state index contributed by atoms with van der Waals surface area (Å²) in [4.78, 5) is 38.0. The van der Waals surface area contributed by atoms with Crippen LogP contribution in [0.15, 0.2) is 36.5 Å². The Labute approximate surface area is 474 Å². The molecule has 0 saturated heterocycles. The Kier molecular flexibility index (Phi) is 63.1. The van der Waals surface area contributed by atoms with E-state index >= 15 is 0 Å². The molecule has 0 heterocycles. The lowest BCUT2D eigenvalue weighted by molar-refractivity contribution is -0.167. The second kappa shape index (κ2) is 65.2. The van der Waals surface area contributed by atoms with Gasteiger partial charge in [0, 0.05) is 19.3 Å². The molecule has 6 nitrogen and oxygen atoms in total. The number of unbranched alkanes of at least 4 members (excludes halogenated alkanes) is 46. The topological polar surface area (TPSA) is 78.9 Å². The van der Waals surface area contributed by atoms with E-state index in [0.29, 0.717) is 19.3 Å². The second-order valence-electron chi connectivity index (χ2n) is 23.1. The number of rotatable bonds is 63. The average Bonchev–Trinajstić information content (AvgIpc) is 3.42. The minimum Gasteiger partial charge on any atom is -0.462 e. The SMILES string of the molecule is CCCCCCC/C=C\C/C=C\CCCCCCCCCCCCCCCCCCCCCC(=O)OCC(COC(=O)CCCCCCCC)OC(=O)CCCCCCCCCCC/C=C\CCCCCCCCCC. The number of carbonyl (C=O) groups excluding carboxylic acids is 3. The average molecular weight is 1070 g/mol. The zero-order valence-electron chi connectivity index (χ0n) is 51.3. The smallest absolute Gasteiger partial charge is 0.306 e. The van der Waals surface area contributed by atoms with Crippen molar-refractivity contribution in [3.8, 4) is 0 Å². The van der Waals surface area contributed by atoms with E-state index in [9.17, 15) is 14.4 Å². The van der Waals surface area contributed by atoms with Crippen molar-refractivity contribution in [3.05, 3.63) is 36.5 Å². The third kappa shape index (κ3) is 62.5. The first kappa shape index (κ1) is 73.6. The zero-order chi connectivity index (χ0) is 55.0. The van der Waals surface area contributed by atoms with E-state index in [1.807, 2.05) is 0 Å². The number of hydrogen-bond acceptors (Lipinski definition) is 6. The van der Waals surface area contributed by atoms with E-state index in [2.05, 4.69) is 57.2 Å². The molecule has 0 aromatic carbocycles. The lowest BCUT2D eigenvalue weighted by atomic mass is 10.0. The van der Waals surface area contributed by atoms with Crippen molar-refractivity contribution in [2.24, 2.45) is 0 Å². The van der Waals surface area contributed by atoms with E-state index < -0.39 is 6.10 Å². The molecule has 446 valence electrons. The third-order valence-electron chi connectivity index (χ3n) is 15.4. The molecule has 1 atom stereocenters. The number of allylic oxidation sites excluding steroid dienone is 6. The Bertz CT molecular complexity index is 1270. The van der Waals surface area contributed by atoms with E-state index in [4.69, 9.17) is 14.2 Å². The molecule has 0 fully saturated rings. The normalized spacial score (nSPS) is 12.2. The van der Waals surface area contributed by atoms with Gasteiger partial charge in [-0.1, -0.05) is 314 Å². The first-order chi connectivity index (χ1) is 37.5. The van der Waals surface area contributed by atoms with Gasteiger partial charge in [0.2, 0.25) is 0 Å². The minimum absolute atomic E-state index is 0.0682. The fourth-order valence-corrected chi connectivity index (χ4v) is 10.2. The summed E-state index contributed by atoms with van der Waals surface area (Å²) in [6, 6.07) is 0.